The number of amides is 1. The zero-order chi connectivity index (χ0) is 29.3. The van der Waals surface area contributed by atoms with Crippen molar-refractivity contribution in [1.29, 1.82) is 0 Å². The highest BCUT2D eigenvalue weighted by molar-refractivity contribution is 5.88. The molecular weight excluding hydrogens is 534 g/mol. The van der Waals surface area contributed by atoms with Gasteiger partial charge in [0.15, 0.2) is 0 Å². The Hall–Kier alpha value is -4.20. The van der Waals surface area contributed by atoms with Gasteiger partial charge in [-0.05, 0) is 36.1 Å². The number of rotatable bonds is 5. The summed E-state index contributed by atoms with van der Waals surface area (Å²) >= 11 is 0. The number of nitrogen functional groups attached to an aromatic ring is 1. The Labute approximate surface area is 217 Å². The molecule has 0 bridgehead atoms. The molecule has 1 unspecified atom stereocenters. The summed E-state index contributed by atoms with van der Waals surface area (Å²) in [7, 11) is 0. The third kappa shape index (κ3) is 5.95. The number of nitrogens with one attached hydrogen (secondary N) is 1. The number of carbonyl (C=O) groups excluding carboxylic acids is 2. The summed E-state index contributed by atoms with van der Waals surface area (Å²) in [4.78, 5) is 35.1. The van der Waals surface area contributed by atoms with Crippen molar-refractivity contribution in [2.75, 3.05) is 5.73 Å². The average Bonchev–Trinajstić information content (AvgIpc) is 2.86. The summed E-state index contributed by atoms with van der Waals surface area (Å²) in [6.45, 7) is 5.46. The number of halogens is 6. The maximum Gasteiger partial charge on any atom is 0.493 e. The monoisotopic (exact) mass is 556 g/mol. The van der Waals surface area contributed by atoms with Crippen molar-refractivity contribution >= 4 is 17.7 Å². The minimum Gasteiger partial charge on any atom is -0.382 e. The van der Waals surface area contributed by atoms with Gasteiger partial charge in [-0.25, -0.2) is 14.8 Å². The molecule has 8 nitrogen and oxygen atoms in total. The van der Waals surface area contributed by atoms with Crippen molar-refractivity contribution in [3.63, 3.8) is 0 Å². The van der Waals surface area contributed by atoms with Gasteiger partial charge in [-0.1, -0.05) is 44.2 Å². The largest absolute Gasteiger partial charge is 0.493 e. The van der Waals surface area contributed by atoms with Crippen LogP contribution in [0.1, 0.15) is 36.5 Å². The van der Waals surface area contributed by atoms with E-state index < -0.39 is 35.4 Å². The molecule has 208 valence electrons. The van der Waals surface area contributed by atoms with Crippen molar-refractivity contribution in [3.8, 4) is 22.5 Å². The Kier molecular flexibility index (Phi) is 7.92. The fourth-order valence-electron chi connectivity index (χ4n) is 3.56. The number of aromatic nitrogens is 2. The van der Waals surface area contributed by atoms with Gasteiger partial charge in [0.1, 0.15) is 11.5 Å². The molecule has 0 spiro atoms. The summed E-state index contributed by atoms with van der Waals surface area (Å²) in [5, 5.41) is 10.5. The van der Waals surface area contributed by atoms with E-state index in [4.69, 9.17) is 5.73 Å². The topological polar surface area (TPSA) is 127 Å². The molecule has 1 amide bonds. The Morgan fingerprint density at radius 2 is 1.72 bits per heavy atom. The number of hydrogen-bond donors (Lipinski definition) is 3. The quantitative estimate of drug-likeness (QED) is 0.307. The predicted octanol–water partition coefficient (Wildman–Crippen LogP) is 4.71. The molecule has 1 heterocycles. The number of nitrogens with zero attached hydrogens (tertiary/aromatic N) is 2. The van der Waals surface area contributed by atoms with Gasteiger partial charge in [-0.15, -0.1) is 0 Å². The lowest BCUT2D eigenvalue weighted by Gasteiger charge is -2.29. The van der Waals surface area contributed by atoms with Crippen LogP contribution in [0.5, 0.6) is 0 Å². The molecule has 0 radical (unpaired) electrons. The van der Waals surface area contributed by atoms with Crippen LogP contribution in [0, 0.1) is 6.92 Å². The van der Waals surface area contributed by atoms with Gasteiger partial charge >= 0.3 is 18.3 Å². The van der Waals surface area contributed by atoms with E-state index in [9.17, 15) is 41.0 Å². The number of hydrogen-bond acceptors (Lipinski definition) is 7. The summed E-state index contributed by atoms with van der Waals surface area (Å²) in [5.74, 6) is -5.26. The first-order valence-corrected chi connectivity index (χ1v) is 11.2. The van der Waals surface area contributed by atoms with E-state index in [0.717, 1.165) is 29.2 Å². The molecule has 0 fully saturated rings. The van der Waals surface area contributed by atoms with E-state index in [1.807, 2.05) is 26.0 Å². The minimum absolute atomic E-state index is 0.00373. The maximum absolute atomic E-state index is 14.0. The Morgan fingerprint density at radius 3 is 2.31 bits per heavy atom. The lowest BCUT2D eigenvalue weighted by molar-refractivity contribution is -0.262. The van der Waals surface area contributed by atoms with Gasteiger partial charge in [0.25, 0.3) is 11.5 Å². The Balaban J connectivity index is 2.09. The van der Waals surface area contributed by atoms with E-state index >= 15 is 0 Å². The molecule has 3 rings (SSSR count). The van der Waals surface area contributed by atoms with Crippen molar-refractivity contribution in [2.45, 2.75) is 44.6 Å². The standard InChI is InChI=1S/C25H22F6N4O4/c1-12(2)14-5-4-6-15(9-14)19-20(32)33-11-18(34-19)17-10-16(8-7-13(17)3)23(38,25(29,30)31)21(36)35-39-22(37)24(26,27)28/h4-12,38H,1-3H3,(H2,32,33)(H,35,36). The molecule has 2 aromatic carbocycles. The number of hydroxylamine groups is 1. The third-order valence-electron chi connectivity index (χ3n) is 5.77. The molecule has 39 heavy (non-hydrogen) atoms. The molecule has 1 aromatic heterocycles. The summed E-state index contributed by atoms with van der Waals surface area (Å²) in [6.07, 6.45) is -10.2. The van der Waals surface area contributed by atoms with E-state index in [1.165, 1.54) is 13.1 Å². The highest BCUT2D eigenvalue weighted by Crippen LogP contribution is 2.41. The van der Waals surface area contributed by atoms with Gasteiger partial charge < -0.3 is 15.7 Å². The van der Waals surface area contributed by atoms with Crippen LogP contribution in [0.3, 0.4) is 0 Å². The van der Waals surface area contributed by atoms with E-state index in [2.05, 4.69) is 14.8 Å². The molecule has 0 aliphatic carbocycles. The van der Waals surface area contributed by atoms with Crippen LogP contribution in [0.4, 0.5) is 32.2 Å². The Bertz CT molecular complexity index is 1410. The first kappa shape index (κ1) is 29.4. The molecule has 3 aromatic rings. The minimum atomic E-state index is -5.75. The molecule has 0 saturated heterocycles. The number of benzene rings is 2. The number of alkyl halides is 6. The summed E-state index contributed by atoms with van der Waals surface area (Å²) in [5.41, 5.74) is 3.42. The molecule has 1 atom stereocenters. The second-order valence-electron chi connectivity index (χ2n) is 8.83. The predicted molar refractivity (Wildman–Crippen MR) is 126 cm³/mol. The zero-order valence-corrected chi connectivity index (χ0v) is 20.6. The normalized spacial score (nSPS) is 13.6. The van der Waals surface area contributed by atoms with E-state index in [-0.39, 0.29) is 28.7 Å². The van der Waals surface area contributed by atoms with Crippen LogP contribution in [-0.2, 0) is 20.0 Å². The van der Waals surface area contributed by atoms with Gasteiger partial charge in [0.05, 0.1) is 11.9 Å². The van der Waals surface area contributed by atoms with E-state index in [1.54, 1.807) is 12.1 Å². The van der Waals surface area contributed by atoms with E-state index in [0.29, 0.717) is 11.1 Å². The smallest absolute Gasteiger partial charge is 0.382 e. The van der Waals surface area contributed by atoms with Crippen LogP contribution in [0.15, 0.2) is 48.7 Å². The lowest BCUT2D eigenvalue weighted by atomic mass is 9.89. The molecule has 0 aliphatic heterocycles. The molecule has 14 heteroatoms. The van der Waals surface area contributed by atoms with Crippen molar-refractivity contribution in [3.05, 3.63) is 65.4 Å². The molecule has 0 saturated carbocycles. The Morgan fingerprint density at radius 1 is 1.05 bits per heavy atom. The van der Waals surface area contributed by atoms with Crippen LogP contribution in [0.25, 0.3) is 22.5 Å². The number of aliphatic hydroxyl groups is 1. The van der Waals surface area contributed by atoms with Crippen molar-refractivity contribution in [1.82, 2.24) is 15.4 Å². The van der Waals surface area contributed by atoms with Gasteiger partial charge in [0, 0.05) is 16.7 Å². The third-order valence-corrected chi connectivity index (χ3v) is 5.77. The SMILES string of the molecule is Cc1ccc(C(O)(C(=O)NOC(=O)C(F)(F)F)C(F)(F)F)cc1-c1cnc(N)c(-c2cccc(C(C)C)c2)n1. The van der Waals surface area contributed by atoms with Crippen LogP contribution < -0.4 is 11.2 Å². The first-order valence-electron chi connectivity index (χ1n) is 11.2. The van der Waals surface area contributed by atoms with Crippen molar-refractivity contribution < 1.29 is 45.9 Å². The van der Waals surface area contributed by atoms with Crippen LogP contribution in [0.2, 0.25) is 0 Å². The first-order chi connectivity index (χ1) is 18.0. The van der Waals surface area contributed by atoms with Crippen LogP contribution in [-0.4, -0.2) is 39.3 Å². The fraction of sp³-hybridized carbons (Fsp3) is 0.280. The number of anilines is 1. The van der Waals surface area contributed by atoms with Crippen molar-refractivity contribution in [2.24, 2.45) is 0 Å². The zero-order valence-electron chi connectivity index (χ0n) is 20.6. The fourth-order valence-corrected chi connectivity index (χ4v) is 3.56. The van der Waals surface area contributed by atoms with Gasteiger partial charge in [-0.3, -0.25) is 4.79 Å². The highest BCUT2D eigenvalue weighted by atomic mass is 19.4. The highest BCUT2D eigenvalue weighted by Gasteiger charge is 2.61. The van der Waals surface area contributed by atoms with Crippen LogP contribution >= 0.6 is 0 Å². The molecule has 0 aliphatic rings. The number of nitrogens with two attached hydrogens (primary N) is 1. The maximum atomic E-state index is 14.0. The second kappa shape index (κ2) is 10.5. The lowest BCUT2D eigenvalue weighted by Crippen LogP contribution is -2.55. The van der Waals surface area contributed by atoms with Gasteiger partial charge in [-0.2, -0.15) is 31.8 Å². The molecule has 4 N–H and O–H groups in total. The number of aryl methyl sites for hydroxylation is 1. The summed E-state index contributed by atoms with van der Waals surface area (Å²) in [6, 6.07) is 9.87. The van der Waals surface area contributed by atoms with Gasteiger partial charge in [0.2, 0.25) is 0 Å². The number of carbonyl (C=O) groups is 2. The summed E-state index contributed by atoms with van der Waals surface area (Å²) < 4.78 is 78.9. The molecular formula is C25H22F6N4O4. The second-order valence-corrected chi connectivity index (χ2v) is 8.83. The average molecular weight is 556 g/mol.